The average molecular weight is 271 g/mol. The summed E-state index contributed by atoms with van der Waals surface area (Å²) in [6.07, 6.45) is 4.10. The summed E-state index contributed by atoms with van der Waals surface area (Å²) in [4.78, 5) is 10.8. The molecule has 3 aromatic rings. The number of carbonyl (C=O) groups is 1. The number of thiophene rings is 1. The van der Waals surface area contributed by atoms with Gasteiger partial charge in [0.05, 0.1) is 6.20 Å². The second kappa shape index (κ2) is 4.85. The molecule has 4 nitrogen and oxygen atoms in total. The predicted molar refractivity (Wildman–Crippen MR) is 76.9 cm³/mol. The molecular weight excluding hydrogens is 258 g/mol. The Morgan fingerprint density at radius 3 is 3.05 bits per heavy atom. The lowest BCUT2D eigenvalue weighted by Crippen LogP contribution is -2.13. The van der Waals surface area contributed by atoms with Crippen LogP contribution in [0.3, 0.4) is 0 Å². The van der Waals surface area contributed by atoms with Crippen LogP contribution in [0.25, 0.3) is 21.2 Å². The Bertz CT molecular complexity index is 729. The maximum absolute atomic E-state index is 10.8. The van der Waals surface area contributed by atoms with Crippen molar-refractivity contribution < 1.29 is 4.79 Å². The Morgan fingerprint density at radius 2 is 2.21 bits per heavy atom. The first-order chi connectivity index (χ1) is 9.24. The first kappa shape index (κ1) is 11.9. The van der Waals surface area contributed by atoms with Crippen molar-refractivity contribution in [3.8, 4) is 11.1 Å². The van der Waals surface area contributed by atoms with E-state index in [1.807, 2.05) is 24.5 Å². The second-order valence-corrected chi connectivity index (χ2v) is 5.27. The van der Waals surface area contributed by atoms with Crippen molar-refractivity contribution in [3.63, 3.8) is 0 Å². The van der Waals surface area contributed by atoms with Crippen LogP contribution in [0.15, 0.2) is 42.0 Å². The minimum Gasteiger partial charge on any atom is -0.370 e. The number of primary amides is 1. The predicted octanol–water partition coefficient (Wildman–Crippen LogP) is 2.64. The molecule has 2 N–H and O–H groups in total. The molecule has 0 saturated carbocycles. The smallest absolute Gasteiger partial charge is 0.219 e. The summed E-state index contributed by atoms with van der Waals surface area (Å²) in [6, 6.07) is 8.30. The first-order valence-corrected chi connectivity index (χ1v) is 6.89. The Kier molecular flexibility index (Phi) is 3.05. The molecule has 0 spiro atoms. The highest BCUT2D eigenvalue weighted by Gasteiger charge is 2.08. The van der Waals surface area contributed by atoms with Crippen LogP contribution in [0.4, 0.5) is 0 Å². The summed E-state index contributed by atoms with van der Waals surface area (Å²) >= 11 is 1.73. The molecule has 0 fully saturated rings. The van der Waals surface area contributed by atoms with Crippen LogP contribution in [-0.2, 0) is 11.3 Å². The third-order valence-corrected chi connectivity index (χ3v) is 3.98. The summed E-state index contributed by atoms with van der Waals surface area (Å²) in [5, 5.41) is 7.64. The molecule has 0 aliphatic rings. The van der Waals surface area contributed by atoms with Crippen LogP contribution >= 0.6 is 11.3 Å². The van der Waals surface area contributed by atoms with Crippen molar-refractivity contribution in [2.75, 3.05) is 0 Å². The number of fused-ring (bicyclic) bond motifs is 1. The van der Waals surface area contributed by atoms with Crippen LogP contribution in [0.1, 0.15) is 6.42 Å². The minimum atomic E-state index is -0.307. The van der Waals surface area contributed by atoms with Crippen molar-refractivity contribution in [1.29, 1.82) is 0 Å². The molecule has 96 valence electrons. The summed E-state index contributed by atoms with van der Waals surface area (Å²) in [5.41, 5.74) is 7.39. The molecule has 2 aromatic heterocycles. The quantitative estimate of drug-likeness (QED) is 0.793. The van der Waals surface area contributed by atoms with Gasteiger partial charge in [-0.05, 0) is 11.4 Å². The molecule has 5 heteroatoms. The van der Waals surface area contributed by atoms with Crippen LogP contribution in [0, 0.1) is 0 Å². The lowest BCUT2D eigenvalue weighted by Gasteiger charge is -1.97. The van der Waals surface area contributed by atoms with Crippen LogP contribution in [-0.4, -0.2) is 15.7 Å². The van der Waals surface area contributed by atoms with Crippen molar-refractivity contribution in [3.05, 3.63) is 42.0 Å². The molecule has 1 amide bonds. The van der Waals surface area contributed by atoms with Crippen LogP contribution in [0.5, 0.6) is 0 Å². The van der Waals surface area contributed by atoms with Gasteiger partial charge in [-0.25, -0.2) is 0 Å². The van der Waals surface area contributed by atoms with E-state index in [1.54, 1.807) is 16.0 Å². The number of carbonyl (C=O) groups excluding carboxylic acids is 1. The number of hydrogen-bond donors (Lipinski definition) is 1. The van der Waals surface area contributed by atoms with Gasteiger partial charge in [-0.15, -0.1) is 11.3 Å². The molecular formula is C14H13N3OS. The Balaban J connectivity index is 1.92. The van der Waals surface area contributed by atoms with Gasteiger partial charge in [-0.3, -0.25) is 9.48 Å². The van der Waals surface area contributed by atoms with Crippen molar-refractivity contribution in [2.24, 2.45) is 5.73 Å². The number of hydrogen-bond acceptors (Lipinski definition) is 3. The van der Waals surface area contributed by atoms with Gasteiger partial charge in [0.1, 0.15) is 0 Å². The topological polar surface area (TPSA) is 60.9 Å². The van der Waals surface area contributed by atoms with Gasteiger partial charge in [0.2, 0.25) is 5.91 Å². The zero-order valence-corrected chi connectivity index (χ0v) is 11.1. The number of nitrogens with zero attached hydrogens (tertiary/aromatic N) is 2. The zero-order chi connectivity index (χ0) is 13.2. The number of aromatic nitrogens is 2. The number of aryl methyl sites for hydroxylation is 1. The fraction of sp³-hybridized carbons (Fsp3) is 0.143. The van der Waals surface area contributed by atoms with Gasteiger partial charge in [-0.2, -0.15) is 5.10 Å². The Morgan fingerprint density at radius 1 is 1.37 bits per heavy atom. The van der Waals surface area contributed by atoms with Crippen molar-refractivity contribution in [2.45, 2.75) is 13.0 Å². The van der Waals surface area contributed by atoms with Crippen LogP contribution in [0.2, 0.25) is 0 Å². The summed E-state index contributed by atoms with van der Waals surface area (Å²) < 4.78 is 3.02. The highest BCUT2D eigenvalue weighted by Crippen LogP contribution is 2.33. The molecule has 0 saturated heterocycles. The van der Waals surface area contributed by atoms with E-state index < -0.39 is 0 Å². The van der Waals surface area contributed by atoms with Gasteiger partial charge < -0.3 is 5.73 Å². The Hall–Kier alpha value is -2.14. The molecule has 0 aliphatic carbocycles. The largest absolute Gasteiger partial charge is 0.370 e. The van der Waals surface area contributed by atoms with Gasteiger partial charge >= 0.3 is 0 Å². The number of amides is 1. The van der Waals surface area contributed by atoms with E-state index in [4.69, 9.17) is 5.73 Å². The summed E-state index contributed by atoms with van der Waals surface area (Å²) in [7, 11) is 0. The standard InChI is InChI=1S/C14H13N3OS/c15-14(18)5-6-17-8-10(7-16-17)12-9-19-13-4-2-1-3-11(12)13/h1-4,7-9H,5-6H2,(H2,15,18). The minimum absolute atomic E-state index is 0.307. The van der Waals surface area contributed by atoms with Crippen molar-refractivity contribution >= 4 is 27.3 Å². The normalized spacial score (nSPS) is 10.9. The first-order valence-electron chi connectivity index (χ1n) is 6.01. The van der Waals surface area contributed by atoms with Gasteiger partial charge in [0, 0.05) is 40.4 Å². The molecule has 0 radical (unpaired) electrons. The van der Waals surface area contributed by atoms with Crippen molar-refractivity contribution in [1.82, 2.24) is 9.78 Å². The van der Waals surface area contributed by atoms with E-state index in [0.717, 1.165) is 5.56 Å². The van der Waals surface area contributed by atoms with E-state index in [0.29, 0.717) is 13.0 Å². The summed E-state index contributed by atoms with van der Waals surface area (Å²) in [5.74, 6) is -0.307. The zero-order valence-electron chi connectivity index (χ0n) is 10.2. The molecule has 19 heavy (non-hydrogen) atoms. The fourth-order valence-corrected chi connectivity index (χ4v) is 3.02. The fourth-order valence-electron chi connectivity index (χ4n) is 2.05. The van der Waals surface area contributed by atoms with Gasteiger partial charge in [0.15, 0.2) is 0 Å². The highest BCUT2D eigenvalue weighted by molar-refractivity contribution is 7.17. The average Bonchev–Trinajstić information content (AvgIpc) is 3.02. The molecule has 0 unspecified atom stereocenters. The van der Waals surface area contributed by atoms with E-state index in [1.165, 1.54) is 15.6 Å². The monoisotopic (exact) mass is 271 g/mol. The Labute approximate surface area is 114 Å². The number of nitrogens with two attached hydrogens (primary N) is 1. The molecule has 0 bridgehead atoms. The van der Waals surface area contributed by atoms with E-state index in [9.17, 15) is 4.79 Å². The molecule has 0 aliphatic heterocycles. The molecule has 0 atom stereocenters. The maximum atomic E-state index is 10.8. The number of benzene rings is 1. The molecule has 2 heterocycles. The van der Waals surface area contributed by atoms with Gasteiger partial charge in [-0.1, -0.05) is 18.2 Å². The molecule has 1 aromatic carbocycles. The third-order valence-electron chi connectivity index (χ3n) is 3.01. The van der Waals surface area contributed by atoms with E-state index in [-0.39, 0.29) is 5.91 Å². The molecule has 3 rings (SSSR count). The lowest BCUT2D eigenvalue weighted by atomic mass is 10.1. The van der Waals surface area contributed by atoms with Crippen LogP contribution < -0.4 is 5.73 Å². The lowest BCUT2D eigenvalue weighted by molar-refractivity contribution is -0.118. The summed E-state index contributed by atoms with van der Waals surface area (Å²) in [6.45, 7) is 0.525. The van der Waals surface area contributed by atoms with E-state index in [2.05, 4.69) is 22.6 Å². The highest BCUT2D eigenvalue weighted by atomic mass is 32.1. The maximum Gasteiger partial charge on any atom is 0.219 e. The van der Waals surface area contributed by atoms with E-state index >= 15 is 0 Å². The second-order valence-electron chi connectivity index (χ2n) is 4.35. The SMILES string of the molecule is NC(=O)CCn1cc(-c2csc3ccccc23)cn1. The third kappa shape index (κ3) is 2.37. The van der Waals surface area contributed by atoms with Gasteiger partial charge in [0.25, 0.3) is 0 Å². The number of rotatable bonds is 4.